The van der Waals surface area contributed by atoms with Crippen LogP contribution in [0.4, 0.5) is 0 Å². The van der Waals surface area contributed by atoms with Crippen LogP contribution < -0.4 is 0 Å². The SMILES string of the molecule is C[C@@H]1O[C@@H](O[C@@H]2[C@@H](O)[C@H](OCCc3ccc(O)c(O)c3)O[C@H](CO)[C@H]2OC(=O)/C=C/c2ccc(O)c(O)c2)[C@H](O)[C@H](O)[C@H]1O.C[C@@H]1O[C@@H](O[C@@H]2[C@@H](O)[C@H](OCCc3ccc(O)c(O)c3)O[C@H](CO)[C@H]2OC(=O)/C=C/c2ccc(O)c(O)c2)[C@H](O)[C@H](O)[C@H]1O. The van der Waals surface area contributed by atoms with E-state index in [2.05, 4.69) is 0 Å². The molecular weight excluding hydrogens is 1180 g/mol. The monoisotopic (exact) mass is 1250 g/mol. The number of esters is 2. The molecule has 30 heteroatoms. The van der Waals surface area contributed by atoms with E-state index in [1.807, 2.05) is 0 Å². The second-order valence-corrected chi connectivity index (χ2v) is 20.9. The molecule has 484 valence electrons. The molecule has 0 unspecified atom stereocenters. The molecule has 4 saturated heterocycles. The molecule has 8 rings (SSSR count). The molecule has 30 nitrogen and oxygen atoms in total. The summed E-state index contributed by atoms with van der Waals surface area (Å²) in [6.45, 7) is 1.21. The van der Waals surface area contributed by atoms with Crippen LogP contribution in [0.5, 0.6) is 46.0 Å². The van der Waals surface area contributed by atoms with E-state index in [1.54, 1.807) is 12.1 Å². The number of aliphatic hydroxyl groups is 10. The molecule has 0 saturated carbocycles. The van der Waals surface area contributed by atoms with Crippen molar-refractivity contribution in [2.24, 2.45) is 0 Å². The Morgan fingerprint density at radius 1 is 0.409 bits per heavy atom. The number of aromatic hydroxyl groups is 8. The average molecular weight is 1250 g/mol. The summed E-state index contributed by atoms with van der Waals surface area (Å²) in [4.78, 5) is 25.6. The van der Waals surface area contributed by atoms with Crippen LogP contribution in [-0.4, -0.2) is 253 Å². The summed E-state index contributed by atoms with van der Waals surface area (Å²) in [5.41, 5.74) is 1.83. The third kappa shape index (κ3) is 17.2. The molecule has 4 aliphatic rings. The van der Waals surface area contributed by atoms with Crippen LogP contribution >= 0.6 is 0 Å². The van der Waals surface area contributed by atoms with E-state index >= 15 is 0 Å². The van der Waals surface area contributed by atoms with Crippen molar-refractivity contribution in [3.63, 3.8) is 0 Å². The van der Waals surface area contributed by atoms with Gasteiger partial charge in [-0.1, -0.05) is 24.3 Å². The molecule has 4 aromatic rings. The lowest BCUT2D eigenvalue weighted by atomic mass is 9.97. The lowest BCUT2D eigenvalue weighted by molar-refractivity contribution is -0.357. The maximum Gasteiger partial charge on any atom is 0.331 e. The van der Waals surface area contributed by atoms with Gasteiger partial charge >= 0.3 is 11.9 Å². The van der Waals surface area contributed by atoms with Gasteiger partial charge in [0.15, 0.2) is 83.4 Å². The number of phenolic OH excluding ortho intramolecular Hbond substituents is 8. The number of phenols is 8. The second kappa shape index (κ2) is 30.9. The summed E-state index contributed by atoms with van der Waals surface area (Å²) < 4.78 is 56.4. The van der Waals surface area contributed by atoms with Crippen LogP contribution in [0.2, 0.25) is 0 Å². The summed E-state index contributed by atoms with van der Waals surface area (Å²) in [5.74, 6) is -4.79. The predicted molar refractivity (Wildman–Crippen MR) is 294 cm³/mol. The fourth-order valence-electron chi connectivity index (χ4n) is 9.51. The molecule has 0 amide bonds. The van der Waals surface area contributed by atoms with Crippen LogP contribution in [0.25, 0.3) is 12.2 Å². The molecule has 88 heavy (non-hydrogen) atoms. The van der Waals surface area contributed by atoms with Gasteiger partial charge in [-0.25, -0.2) is 9.59 Å². The summed E-state index contributed by atoms with van der Waals surface area (Å²) in [6, 6.07) is 16.0. The van der Waals surface area contributed by atoms with Crippen molar-refractivity contribution in [1.29, 1.82) is 0 Å². The maximum atomic E-state index is 12.8. The van der Waals surface area contributed by atoms with E-state index in [4.69, 9.17) is 47.4 Å². The Morgan fingerprint density at radius 3 is 1.08 bits per heavy atom. The van der Waals surface area contributed by atoms with E-state index in [0.29, 0.717) is 22.3 Å². The van der Waals surface area contributed by atoms with Gasteiger partial charge in [0, 0.05) is 12.2 Å². The summed E-state index contributed by atoms with van der Waals surface area (Å²) in [6.07, 6.45) is -25.2. The molecule has 0 aromatic heterocycles. The van der Waals surface area contributed by atoms with Crippen molar-refractivity contribution in [3.05, 3.63) is 107 Å². The van der Waals surface area contributed by atoms with Crippen molar-refractivity contribution in [3.8, 4) is 46.0 Å². The minimum absolute atomic E-state index is 0.0754. The molecule has 0 aliphatic carbocycles. The number of hydrogen-bond donors (Lipinski definition) is 18. The Kier molecular flexibility index (Phi) is 24.1. The fourth-order valence-corrected chi connectivity index (χ4v) is 9.51. The Balaban J connectivity index is 0.000000251. The highest BCUT2D eigenvalue weighted by Gasteiger charge is 2.54. The Labute approximate surface area is 500 Å². The van der Waals surface area contributed by atoms with E-state index in [-0.39, 0.29) is 60.6 Å². The van der Waals surface area contributed by atoms with Crippen LogP contribution in [0, 0.1) is 0 Å². The van der Waals surface area contributed by atoms with Gasteiger partial charge in [-0.3, -0.25) is 0 Å². The van der Waals surface area contributed by atoms with Gasteiger partial charge in [0.2, 0.25) is 0 Å². The van der Waals surface area contributed by atoms with Crippen molar-refractivity contribution in [1.82, 2.24) is 0 Å². The van der Waals surface area contributed by atoms with Crippen molar-refractivity contribution in [2.45, 2.75) is 150 Å². The van der Waals surface area contributed by atoms with Crippen molar-refractivity contribution in [2.75, 3.05) is 26.4 Å². The topological polar surface area (TPSA) is 491 Å². The van der Waals surface area contributed by atoms with Gasteiger partial charge in [-0.2, -0.15) is 0 Å². The first-order valence-corrected chi connectivity index (χ1v) is 27.4. The van der Waals surface area contributed by atoms with Gasteiger partial charge < -0.3 is 139 Å². The van der Waals surface area contributed by atoms with Crippen molar-refractivity contribution >= 4 is 24.1 Å². The lowest BCUT2D eigenvalue weighted by Crippen LogP contribution is -2.65. The Hall–Kier alpha value is -7.02. The second-order valence-electron chi connectivity index (χ2n) is 20.9. The Morgan fingerprint density at radius 2 is 0.750 bits per heavy atom. The molecule has 4 aliphatic heterocycles. The molecule has 0 radical (unpaired) electrons. The fraction of sp³-hybridized carbons (Fsp3) is 0.483. The highest BCUT2D eigenvalue weighted by atomic mass is 16.8. The van der Waals surface area contributed by atoms with Crippen LogP contribution in [0.1, 0.15) is 36.1 Å². The van der Waals surface area contributed by atoms with E-state index < -0.39 is 159 Å². The van der Waals surface area contributed by atoms with Gasteiger partial charge in [-0.05, 0) is 110 Å². The largest absolute Gasteiger partial charge is 0.504 e. The molecule has 20 atom stereocenters. The zero-order valence-corrected chi connectivity index (χ0v) is 47.0. The first-order valence-electron chi connectivity index (χ1n) is 27.4. The standard InChI is InChI=1S/2C29H36O15/c2*1-13-22(36)23(37)24(38)29(41-13)44-27-25(39)28(40-9-8-15-3-6-17(32)19(34)11-15)42-20(12-30)26(27)43-21(35)7-4-14-2-5-16(31)18(33)10-14/h2*2-7,10-11,13,20,22-34,36-39H,8-9,12H2,1H3/b2*7-4+/t2*13-,20+,22-,23+,24+,25+,26+,27+,28+,29-/m00/s1. The number of rotatable bonds is 20. The molecule has 4 fully saturated rings. The number of benzene rings is 4. The number of aliphatic hydroxyl groups excluding tert-OH is 10. The van der Waals surface area contributed by atoms with Gasteiger partial charge in [0.05, 0.1) is 38.6 Å². The van der Waals surface area contributed by atoms with Gasteiger partial charge in [0.1, 0.15) is 73.2 Å². The first-order chi connectivity index (χ1) is 41.8. The predicted octanol–water partition coefficient (Wildman–Crippen LogP) is -2.03. The molecule has 0 bridgehead atoms. The van der Waals surface area contributed by atoms with E-state index in [0.717, 1.165) is 12.2 Å². The quantitative estimate of drug-likeness (QED) is 0.0258. The van der Waals surface area contributed by atoms with Crippen LogP contribution in [0.15, 0.2) is 84.9 Å². The summed E-state index contributed by atoms with van der Waals surface area (Å²) >= 11 is 0. The Bertz CT molecular complexity index is 2800. The molecule has 4 heterocycles. The zero-order valence-electron chi connectivity index (χ0n) is 47.0. The van der Waals surface area contributed by atoms with E-state index in [1.165, 1.54) is 86.7 Å². The van der Waals surface area contributed by atoms with Gasteiger partial charge in [-0.15, -0.1) is 0 Å². The first kappa shape index (κ1) is 68.5. The number of ether oxygens (including phenoxy) is 10. The number of carbonyl (C=O) groups excluding carboxylic acids is 2. The van der Waals surface area contributed by atoms with Crippen LogP contribution in [0.3, 0.4) is 0 Å². The molecule has 0 spiro atoms. The maximum absolute atomic E-state index is 12.8. The zero-order chi connectivity index (χ0) is 64.3. The third-order valence-corrected chi connectivity index (χ3v) is 14.5. The molecule has 4 aromatic carbocycles. The minimum Gasteiger partial charge on any atom is -0.504 e. The van der Waals surface area contributed by atoms with Gasteiger partial charge in [0.25, 0.3) is 0 Å². The number of carbonyl (C=O) groups is 2. The highest BCUT2D eigenvalue weighted by molar-refractivity contribution is 5.88. The van der Waals surface area contributed by atoms with Crippen molar-refractivity contribution < 1.29 is 149 Å². The third-order valence-electron chi connectivity index (χ3n) is 14.5. The summed E-state index contributed by atoms with van der Waals surface area (Å²) in [7, 11) is 0. The average Bonchev–Trinajstić information content (AvgIpc) is 1.15. The number of hydrogen-bond acceptors (Lipinski definition) is 30. The smallest absolute Gasteiger partial charge is 0.331 e. The van der Waals surface area contributed by atoms with Crippen LogP contribution in [-0.2, 0) is 69.8 Å². The summed E-state index contributed by atoms with van der Waals surface area (Å²) in [5, 5.41) is 181. The highest BCUT2D eigenvalue weighted by Crippen LogP contribution is 2.35. The lowest BCUT2D eigenvalue weighted by Gasteiger charge is -2.46. The normalized spacial score (nSPS) is 32.5. The minimum atomic E-state index is -1.77. The molecular formula is C58H72O30. The molecule has 18 N–H and O–H groups in total. The van der Waals surface area contributed by atoms with E-state index in [9.17, 15) is 102 Å².